The maximum atomic E-state index is 5.56. The summed E-state index contributed by atoms with van der Waals surface area (Å²) in [6, 6.07) is 4.29. The molecule has 0 amide bonds. The third-order valence-electron chi connectivity index (χ3n) is 3.03. The van der Waals surface area contributed by atoms with Gasteiger partial charge in [0.1, 0.15) is 5.75 Å². The molecule has 1 nitrogen and oxygen atoms in total. The molecule has 0 N–H and O–H groups in total. The van der Waals surface area contributed by atoms with Crippen LogP contribution in [0.5, 0.6) is 5.75 Å². The number of allylic oxidation sites excluding steroid dienone is 2. The van der Waals surface area contributed by atoms with Crippen LogP contribution in [0.4, 0.5) is 0 Å². The third-order valence-corrected chi connectivity index (χ3v) is 3.03. The number of benzene rings is 1. The van der Waals surface area contributed by atoms with Crippen molar-refractivity contribution >= 4 is 0 Å². The van der Waals surface area contributed by atoms with Crippen molar-refractivity contribution in [1.29, 1.82) is 0 Å². The SMILES string of the molecule is C/C=C\C(C)Cc1c(C)cc(OCC)cc1C. The van der Waals surface area contributed by atoms with E-state index in [0.717, 1.165) is 18.8 Å². The summed E-state index contributed by atoms with van der Waals surface area (Å²) >= 11 is 0. The Hall–Kier alpha value is -1.24. The molecule has 1 heteroatoms. The Labute approximate surface area is 106 Å². The molecule has 0 saturated heterocycles. The topological polar surface area (TPSA) is 9.23 Å². The molecular weight excluding hydrogens is 208 g/mol. The van der Waals surface area contributed by atoms with E-state index in [-0.39, 0.29) is 0 Å². The first-order valence-electron chi connectivity index (χ1n) is 6.44. The highest BCUT2D eigenvalue weighted by molar-refractivity contribution is 5.41. The molecule has 0 heterocycles. The second-order valence-corrected chi connectivity index (χ2v) is 4.68. The van der Waals surface area contributed by atoms with Crippen LogP contribution < -0.4 is 4.74 Å². The molecule has 94 valence electrons. The molecule has 0 spiro atoms. The number of hydrogen-bond donors (Lipinski definition) is 0. The van der Waals surface area contributed by atoms with Crippen molar-refractivity contribution in [3.63, 3.8) is 0 Å². The highest BCUT2D eigenvalue weighted by atomic mass is 16.5. The van der Waals surface area contributed by atoms with E-state index in [9.17, 15) is 0 Å². The fourth-order valence-corrected chi connectivity index (χ4v) is 2.24. The van der Waals surface area contributed by atoms with Gasteiger partial charge >= 0.3 is 0 Å². The Morgan fingerprint density at radius 2 is 1.82 bits per heavy atom. The van der Waals surface area contributed by atoms with Gasteiger partial charge in [0, 0.05) is 0 Å². The zero-order valence-electron chi connectivity index (χ0n) is 11.7. The van der Waals surface area contributed by atoms with Crippen molar-refractivity contribution in [2.24, 2.45) is 5.92 Å². The van der Waals surface area contributed by atoms with Gasteiger partial charge in [-0.3, -0.25) is 0 Å². The number of aryl methyl sites for hydroxylation is 2. The molecule has 1 unspecified atom stereocenters. The van der Waals surface area contributed by atoms with Crippen LogP contribution in [0.1, 0.15) is 37.5 Å². The lowest BCUT2D eigenvalue weighted by Crippen LogP contribution is -2.02. The number of rotatable bonds is 5. The third kappa shape index (κ3) is 3.92. The van der Waals surface area contributed by atoms with Gasteiger partial charge in [-0.1, -0.05) is 19.1 Å². The Bertz CT molecular complexity index is 368. The van der Waals surface area contributed by atoms with E-state index in [4.69, 9.17) is 4.74 Å². The van der Waals surface area contributed by atoms with Crippen molar-refractivity contribution in [1.82, 2.24) is 0 Å². The molecule has 0 saturated carbocycles. The smallest absolute Gasteiger partial charge is 0.119 e. The molecule has 0 radical (unpaired) electrons. The summed E-state index contributed by atoms with van der Waals surface area (Å²) < 4.78 is 5.56. The van der Waals surface area contributed by atoms with E-state index in [1.807, 2.05) is 6.92 Å². The highest BCUT2D eigenvalue weighted by Gasteiger charge is 2.08. The lowest BCUT2D eigenvalue weighted by molar-refractivity contribution is 0.339. The zero-order valence-corrected chi connectivity index (χ0v) is 11.7. The first-order chi connectivity index (χ1) is 8.08. The van der Waals surface area contributed by atoms with Crippen molar-refractivity contribution in [3.8, 4) is 5.75 Å². The molecule has 0 aliphatic heterocycles. The van der Waals surface area contributed by atoms with E-state index >= 15 is 0 Å². The minimum Gasteiger partial charge on any atom is -0.494 e. The first-order valence-corrected chi connectivity index (χ1v) is 6.44. The fraction of sp³-hybridized carbons (Fsp3) is 0.500. The van der Waals surface area contributed by atoms with Crippen molar-refractivity contribution in [2.45, 2.75) is 41.0 Å². The normalized spacial score (nSPS) is 13.0. The number of hydrogen-bond acceptors (Lipinski definition) is 1. The highest BCUT2D eigenvalue weighted by Crippen LogP contribution is 2.24. The summed E-state index contributed by atoms with van der Waals surface area (Å²) in [5.74, 6) is 1.58. The van der Waals surface area contributed by atoms with E-state index in [1.165, 1.54) is 16.7 Å². The lowest BCUT2D eigenvalue weighted by atomic mass is 9.93. The minimum absolute atomic E-state index is 0.593. The van der Waals surface area contributed by atoms with Gasteiger partial charge in [-0.25, -0.2) is 0 Å². The van der Waals surface area contributed by atoms with Gasteiger partial charge in [0.15, 0.2) is 0 Å². The van der Waals surface area contributed by atoms with E-state index < -0.39 is 0 Å². The average molecular weight is 232 g/mol. The van der Waals surface area contributed by atoms with Crippen molar-refractivity contribution in [3.05, 3.63) is 41.0 Å². The van der Waals surface area contributed by atoms with E-state index in [1.54, 1.807) is 0 Å². The summed E-state index contributed by atoms with van der Waals surface area (Å²) in [5, 5.41) is 0. The Morgan fingerprint density at radius 3 is 2.29 bits per heavy atom. The van der Waals surface area contributed by atoms with Crippen LogP contribution >= 0.6 is 0 Å². The largest absolute Gasteiger partial charge is 0.494 e. The van der Waals surface area contributed by atoms with Gasteiger partial charge in [0.05, 0.1) is 6.61 Å². The average Bonchev–Trinajstić information content (AvgIpc) is 2.24. The molecule has 0 aliphatic rings. The molecule has 1 aromatic rings. The van der Waals surface area contributed by atoms with Crippen LogP contribution in [-0.4, -0.2) is 6.61 Å². The lowest BCUT2D eigenvalue weighted by Gasteiger charge is -2.15. The maximum absolute atomic E-state index is 5.56. The summed E-state index contributed by atoms with van der Waals surface area (Å²) in [7, 11) is 0. The van der Waals surface area contributed by atoms with Gasteiger partial charge in [0.2, 0.25) is 0 Å². The van der Waals surface area contributed by atoms with Gasteiger partial charge in [0.25, 0.3) is 0 Å². The molecule has 1 rings (SSSR count). The van der Waals surface area contributed by atoms with Gasteiger partial charge in [-0.2, -0.15) is 0 Å². The van der Waals surface area contributed by atoms with Crippen molar-refractivity contribution in [2.75, 3.05) is 6.61 Å². The Morgan fingerprint density at radius 1 is 1.24 bits per heavy atom. The molecule has 0 bridgehead atoms. The van der Waals surface area contributed by atoms with E-state index in [0.29, 0.717) is 5.92 Å². The predicted octanol–water partition coefficient (Wildman–Crippen LogP) is 4.46. The Balaban J connectivity index is 2.93. The fourth-order valence-electron chi connectivity index (χ4n) is 2.24. The Kier molecular flexibility index (Phi) is 5.27. The van der Waals surface area contributed by atoms with E-state index in [2.05, 4.69) is 52.0 Å². The molecule has 0 aliphatic carbocycles. The van der Waals surface area contributed by atoms with Crippen LogP contribution in [0, 0.1) is 19.8 Å². The van der Waals surface area contributed by atoms with Gasteiger partial charge in [-0.05, 0) is 68.9 Å². The molecular formula is C16H24O. The summed E-state index contributed by atoms with van der Waals surface area (Å²) in [5.41, 5.74) is 4.13. The van der Waals surface area contributed by atoms with Crippen LogP contribution in [0.3, 0.4) is 0 Å². The molecule has 0 aromatic heterocycles. The standard InChI is InChI=1S/C16H24O/c1-6-8-12(3)9-16-13(4)10-15(17-7-2)11-14(16)5/h6,8,10-12H,7,9H2,1-5H3/b8-6-. The summed E-state index contributed by atoms with van der Waals surface area (Å²) in [4.78, 5) is 0. The van der Waals surface area contributed by atoms with Crippen LogP contribution in [0.25, 0.3) is 0 Å². The number of ether oxygens (including phenoxy) is 1. The quantitative estimate of drug-likeness (QED) is 0.681. The second-order valence-electron chi connectivity index (χ2n) is 4.68. The molecule has 0 fully saturated rings. The molecule has 1 aromatic carbocycles. The monoisotopic (exact) mass is 232 g/mol. The van der Waals surface area contributed by atoms with Crippen LogP contribution in [0.2, 0.25) is 0 Å². The summed E-state index contributed by atoms with van der Waals surface area (Å²) in [6.45, 7) is 11.4. The molecule has 1 atom stereocenters. The van der Waals surface area contributed by atoms with Gasteiger partial charge < -0.3 is 4.74 Å². The van der Waals surface area contributed by atoms with Crippen LogP contribution in [-0.2, 0) is 6.42 Å². The van der Waals surface area contributed by atoms with Gasteiger partial charge in [-0.15, -0.1) is 0 Å². The zero-order chi connectivity index (χ0) is 12.8. The second kappa shape index (κ2) is 6.48. The molecule has 17 heavy (non-hydrogen) atoms. The minimum atomic E-state index is 0.593. The van der Waals surface area contributed by atoms with Crippen molar-refractivity contribution < 1.29 is 4.74 Å². The van der Waals surface area contributed by atoms with Crippen LogP contribution in [0.15, 0.2) is 24.3 Å². The maximum Gasteiger partial charge on any atom is 0.119 e. The first kappa shape index (κ1) is 13.8. The summed E-state index contributed by atoms with van der Waals surface area (Å²) in [6.07, 6.45) is 5.49. The predicted molar refractivity (Wildman–Crippen MR) is 74.8 cm³/mol.